The third-order valence-electron chi connectivity index (χ3n) is 3.62. The van der Waals surface area contributed by atoms with Gasteiger partial charge in [0.05, 0.1) is 18.3 Å². The minimum atomic E-state index is -1.05. The van der Waals surface area contributed by atoms with Gasteiger partial charge in [0, 0.05) is 6.20 Å². The number of carbonyl (C=O) groups is 1. The summed E-state index contributed by atoms with van der Waals surface area (Å²) < 4.78 is 5.58. The number of aliphatic hydroxyl groups excluding tert-OH is 1. The van der Waals surface area contributed by atoms with Gasteiger partial charge in [0.15, 0.2) is 5.75 Å². The van der Waals surface area contributed by atoms with Crippen LogP contribution in [0.1, 0.15) is 15.9 Å². The van der Waals surface area contributed by atoms with Crippen molar-refractivity contribution in [3.63, 3.8) is 0 Å². The van der Waals surface area contributed by atoms with Gasteiger partial charge in [-0.3, -0.25) is 0 Å². The summed E-state index contributed by atoms with van der Waals surface area (Å²) in [5, 5.41) is 18.9. The van der Waals surface area contributed by atoms with Crippen LogP contribution in [0.25, 0.3) is 0 Å². The Labute approximate surface area is 127 Å². The van der Waals surface area contributed by atoms with Gasteiger partial charge < -0.3 is 19.8 Å². The van der Waals surface area contributed by atoms with Crippen LogP contribution in [0, 0.1) is 6.92 Å². The molecule has 1 aromatic carbocycles. The maximum absolute atomic E-state index is 11.3. The zero-order chi connectivity index (χ0) is 15.7. The first-order valence-corrected chi connectivity index (χ1v) is 6.93. The van der Waals surface area contributed by atoms with Gasteiger partial charge in [0.2, 0.25) is 0 Å². The van der Waals surface area contributed by atoms with Crippen molar-refractivity contribution in [1.29, 1.82) is 0 Å². The molecular weight excluding hydrogens is 284 g/mol. The number of ether oxygens (including phenoxy) is 1. The lowest BCUT2D eigenvalue weighted by Crippen LogP contribution is -2.43. The van der Waals surface area contributed by atoms with Crippen LogP contribution in [0.3, 0.4) is 0 Å². The monoisotopic (exact) mass is 300 g/mol. The lowest BCUT2D eigenvalue weighted by molar-refractivity contribution is 0.0690. The second-order valence-corrected chi connectivity index (χ2v) is 5.17. The van der Waals surface area contributed by atoms with Gasteiger partial charge in [-0.2, -0.15) is 0 Å². The average molecular weight is 300 g/mol. The summed E-state index contributed by atoms with van der Waals surface area (Å²) in [5.74, 6) is -0.0880. The van der Waals surface area contributed by atoms with Gasteiger partial charge in [-0.05, 0) is 30.7 Å². The first-order chi connectivity index (χ1) is 10.6. The zero-order valence-electron chi connectivity index (χ0n) is 12.1. The number of aromatic nitrogens is 1. The lowest BCUT2D eigenvalue weighted by atomic mass is 10.1. The number of aromatic carboxylic acids is 1. The molecule has 6 heteroatoms. The quantitative estimate of drug-likeness (QED) is 0.902. The number of aryl methyl sites for hydroxylation is 1. The molecule has 6 nitrogen and oxygen atoms in total. The molecule has 0 spiro atoms. The predicted octanol–water partition coefficient (Wildman–Crippen LogP) is 1.98. The smallest absolute Gasteiger partial charge is 0.339 e. The van der Waals surface area contributed by atoms with Crippen molar-refractivity contribution in [3.8, 4) is 5.75 Å². The molecule has 1 aliphatic rings. The van der Waals surface area contributed by atoms with E-state index in [2.05, 4.69) is 4.98 Å². The molecule has 2 N–H and O–H groups in total. The third kappa shape index (κ3) is 2.37. The number of hydrogen-bond donors (Lipinski definition) is 2. The number of carboxylic acid groups (broad SMARTS) is 1. The van der Waals surface area contributed by atoms with E-state index in [4.69, 9.17) is 4.74 Å². The number of para-hydroxylation sites is 1. The minimum absolute atomic E-state index is 0.103. The van der Waals surface area contributed by atoms with Crippen molar-refractivity contribution < 1.29 is 19.7 Å². The van der Waals surface area contributed by atoms with Crippen molar-refractivity contribution in [2.45, 2.75) is 13.0 Å². The van der Waals surface area contributed by atoms with Crippen molar-refractivity contribution in [1.82, 2.24) is 4.98 Å². The summed E-state index contributed by atoms with van der Waals surface area (Å²) >= 11 is 0. The first kappa shape index (κ1) is 14.3. The highest BCUT2D eigenvalue weighted by atomic mass is 16.5. The van der Waals surface area contributed by atoms with Gasteiger partial charge in [0.25, 0.3) is 0 Å². The van der Waals surface area contributed by atoms with Gasteiger partial charge >= 0.3 is 5.97 Å². The molecule has 0 amide bonds. The normalized spacial score (nSPS) is 16.8. The molecule has 22 heavy (non-hydrogen) atoms. The SMILES string of the molecule is Cc1ccc(N2c3cccc(C(=O)O)c3OCC2CO)nc1. The second-order valence-electron chi connectivity index (χ2n) is 5.17. The van der Waals surface area contributed by atoms with E-state index in [9.17, 15) is 15.0 Å². The number of fused-ring (bicyclic) bond motifs is 1. The van der Waals surface area contributed by atoms with Crippen LogP contribution >= 0.6 is 0 Å². The van der Waals surface area contributed by atoms with Crippen LogP contribution in [-0.2, 0) is 0 Å². The van der Waals surface area contributed by atoms with E-state index in [0.29, 0.717) is 17.3 Å². The molecule has 2 heterocycles. The summed E-state index contributed by atoms with van der Waals surface area (Å²) in [5.41, 5.74) is 1.73. The maximum atomic E-state index is 11.3. The standard InChI is InChI=1S/C16H16N2O4/c1-10-5-6-14(17-7-10)18-11(8-19)9-22-15-12(16(20)21)3-2-4-13(15)18/h2-7,11,19H,8-9H2,1H3,(H,20,21). The van der Waals surface area contributed by atoms with Crippen LogP contribution in [-0.4, -0.2) is 40.4 Å². The molecule has 0 saturated heterocycles. The van der Waals surface area contributed by atoms with E-state index in [1.165, 1.54) is 6.07 Å². The molecular formula is C16H16N2O4. The topological polar surface area (TPSA) is 82.9 Å². The van der Waals surface area contributed by atoms with Crippen LogP contribution < -0.4 is 9.64 Å². The zero-order valence-corrected chi connectivity index (χ0v) is 12.1. The van der Waals surface area contributed by atoms with Gasteiger partial charge in [-0.1, -0.05) is 12.1 Å². The van der Waals surface area contributed by atoms with E-state index in [1.54, 1.807) is 18.3 Å². The van der Waals surface area contributed by atoms with Crippen molar-refractivity contribution in [2.75, 3.05) is 18.1 Å². The number of rotatable bonds is 3. The molecule has 3 rings (SSSR count). The Bertz CT molecular complexity index is 700. The molecule has 0 bridgehead atoms. The minimum Gasteiger partial charge on any atom is -0.488 e. The number of benzene rings is 1. The van der Waals surface area contributed by atoms with Crippen molar-refractivity contribution in [3.05, 3.63) is 47.7 Å². The Morgan fingerprint density at radius 1 is 1.41 bits per heavy atom. The van der Waals surface area contributed by atoms with E-state index in [-0.39, 0.29) is 24.8 Å². The fourth-order valence-corrected chi connectivity index (χ4v) is 2.53. The molecule has 0 aliphatic carbocycles. The molecule has 2 aromatic rings. The highest BCUT2D eigenvalue weighted by molar-refractivity contribution is 5.94. The molecule has 1 unspecified atom stereocenters. The van der Waals surface area contributed by atoms with Crippen LogP contribution in [0.4, 0.5) is 11.5 Å². The van der Waals surface area contributed by atoms with E-state index in [1.807, 2.05) is 24.0 Å². The molecule has 0 saturated carbocycles. The summed E-state index contributed by atoms with van der Waals surface area (Å²) in [6, 6.07) is 8.39. The molecule has 1 aliphatic heterocycles. The fraction of sp³-hybridized carbons (Fsp3) is 0.250. The van der Waals surface area contributed by atoms with Gasteiger partial charge in [0.1, 0.15) is 18.0 Å². The summed E-state index contributed by atoms with van der Waals surface area (Å²) in [6.07, 6.45) is 1.74. The Morgan fingerprint density at radius 3 is 2.86 bits per heavy atom. The highest BCUT2D eigenvalue weighted by Gasteiger charge is 2.31. The Hall–Kier alpha value is -2.60. The van der Waals surface area contributed by atoms with Gasteiger partial charge in [-0.25, -0.2) is 9.78 Å². The largest absolute Gasteiger partial charge is 0.488 e. The van der Waals surface area contributed by atoms with Gasteiger partial charge in [-0.15, -0.1) is 0 Å². The van der Waals surface area contributed by atoms with Crippen LogP contribution in [0.15, 0.2) is 36.5 Å². The molecule has 0 radical (unpaired) electrons. The lowest BCUT2D eigenvalue weighted by Gasteiger charge is -2.37. The second kappa shape index (κ2) is 5.65. The Balaban J connectivity index is 2.14. The number of anilines is 2. The summed E-state index contributed by atoms with van der Waals surface area (Å²) in [4.78, 5) is 17.6. The Morgan fingerprint density at radius 2 is 2.23 bits per heavy atom. The fourth-order valence-electron chi connectivity index (χ4n) is 2.53. The molecule has 1 atom stereocenters. The van der Waals surface area contributed by atoms with E-state index >= 15 is 0 Å². The third-order valence-corrected chi connectivity index (χ3v) is 3.62. The molecule has 1 aromatic heterocycles. The van der Waals surface area contributed by atoms with Crippen molar-refractivity contribution >= 4 is 17.5 Å². The van der Waals surface area contributed by atoms with E-state index < -0.39 is 5.97 Å². The number of hydrogen-bond acceptors (Lipinski definition) is 5. The number of aliphatic hydroxyl groups is 1. The van der Waals surface area contributed by atoms with Crippen LogP contribution in [0.2, 0.25) is 0 Å². The molecule has 0 fully saturated rings. The number of pyridine rings is 1. The maximum Gasteiger partial charge on any atom is 0.339 e. The molecule has 114 valence electrons. The first-order valence-electron chi connectivity index (χ1n) is 6.93. The predicted molar refractivity (Wildman–Crippen MR) is 80.9 cm³/mol. The highest BCUT2D eigenvalue weighted by Crippen LogP contribution is 2.40. The van der Waals surface area contributed by atoms with Crippen LogP contribution in [0.5, 0.6) is 5.75 Å². The number of carboxylic acids is 1. The van der Waals surface area contributed by atoms with E-state index in [0.717, 1.165) is 5.56 Å². The summed E-state index contributed by atoms with van der Waals surface area (Å²) in [6.45, 7) is 2.02. The van der Waals surface area contributed by atoms with Crippen molar-refractivity contribution in [2.24, 2.45) is 0 Å². The summed E-state index contributed by atoms with van der Waals surface area (Å²) in [7, 11) is 0. The Kier molecular flexibility index (Phi) is 3.68. The number of nitrogens with zero attached hydrogens (tertiary/aromatic N) is 2. The average Bonchev–Trinajstić information content (AvgIpc) is 2.54.